The predicted molar refractivity (Wildman–Crippen MR) is 128 cm³/mol. The van der Waals surface area contributed by atoms with Crippen molar-refractivity contribution in [3.63, 3.8) is 0 Å². The number of aromatic nitrogens is 3. The van der Waals surface area contributed by atoms with Gasteiger partial charge in [-0.15, -0.1) is 0 Å². The summed E-state index contributed by atoms with van der Waals surface area (Å²) in [7, 11) is -2.49. The van der Waals surface area contributed by atoms with E-state index in [1.54, 1.807) is 28.8 Å². The topological polar surface area (TPSA) is 100 Å². The molecule has 0 bridgehead atoms. The van der Waals surface area contributed by atoms with Crippen molar-refractivity contribution in [3.8, 4) is 5.75 Å². The summed E-state index contributed by atoms with van der Waals surface area (Å²) in [5, 5.41) is 0.548. The number of benzene rings is 3. The van der Waals surface area contributed by atoms with Crippen LogP contribution in [0.1, 0.15) is 5.56 Å². The number of hydrogen-bond donors (Lipinski definition) is 1. The van der Waals surface area contributed by atoms with E-state index in [0.29, 0.717) is 27.5 Å². The monoisotopic (exact) mass is 478 g/mol. The van der Waals surface area contributed by atoms with Crippen molar-refractivity contribution < 1.29 is 13.2 Å². The highest BCUT2D eigenvalue weighted by molar-refractivity contribution is 7.92. The number of nitrogen functional groups attached to an aromatic ring is 1. The van der Waals surface area contributed by atoms with Crippen molar-refractivity contribution in [1.82, 2.24) is 14.5 Å². The molecule has 0 saturated carbocycles. The predicted octanol–water partition coefficient (Wildman–Crippen LogP) is 4.71. The Bertz CT molecular complexity index is 1610. The molecule has 0 aliphatic carbocycles. The molecule has 0 unspecified atom stereocenters. The van der Waals surface area contributed by atoms with E-state index in [1.165, 1.54) is 19.2 Å². The van der Waals surface area contributed by atoms with E-state index in [1.807, 2.05) is 36.4 Å². The lowest BCUT2D eigenvalue weighted by Crippen LogP contribution is -2.09. The van der Waals surface area contributed by atoms with Crippen molar-refractivity contribution in [2.24, 2.45) is 0 Å². The van der Waals surface area contributed by atoms with Gasteiger partial charge in [0.2, 0.25) is 9.84 Å². The molecule has 5 rings (SSSR count). The van der Waals surface area contributed by atoms with Crippen LogP contribution in [0.15, 0.2) is 82.6 Å². The molecule has 7 nitrogen and oxygen atoms in total. The van der Waals surface area contributed by atoms with Crippen molar-refractivity contribution in [2.45, 2.75) is 16.3 Å². The Morgan fingerprint density at radius 3 is 2.24 bits per heavy atom. The molecular weight excluding hydrogens is 460 g/mol. The fraction of sp³-hybridized carbons (Fsp3) is 0.0833. The van der Waals surface area contributed by atoms with E-state index in [9.17, 15) is 8.42 Å². The number of anilines is 1. The molecule has 166 valence electrons. The van der Waals surface area contributed by atoms with Gasteiger partial charge in [0.15, 0.2) is 5.65 Å². The smallest absolute Gasteiger partial charge is 0.212 e. The Morgan fingerprint density at radius 2 is 1.58 bits per heavy atom. The molecule has 0 amide bonds. The Kier molecular flexibility index (Phi) is 5.19. The van der Waals surface area contributed by atoms with E-state index in [4.69, 9.17) is 27.1 Å². The van der Waals surface area contributed by atoms with Crippen LogP contribution < -0.4 is 10.5 Å². The van der Waals surface area contributed by atoms with Crippen molar-refractivity contribution in [3.05, 3.63) is 83.4 Å². The number of rotatable bonds is 5. The number of methoxy groups -OCH3 is 1. The summed E-state index contributed by atoms with van der Waals surface area (Å²) in [6.07, 6.45) is 0. The minimum Gasteiger partial charge on any atom is -0.497 e. The fourth-order valence-corrected chi connectivity index (χ4v) is 5.49. The van der Waals surface area contributed by atoms with Gasteiger partial charge in [0, 0.05) is 5.02 Å². The van der Waals surface area contributed by atoms with E-state index in [-0.39, 0.29) is 27.7 Å². The maximum Gasteiger partial charge on any atom is 0.212 e. The van der Waals surface area contributed by atoms with Crippen LogP contribution in [-0.2, 0) is 16.4 Å². The number of ether oxygens (including phenoxy) is 1. The van der Waals surface area contributed by atoms with E-state index in [2.05, 4.69) is 4.98 Å². The second kappa shape index (κ2) is 8.06. The first kappa shape index (κ1) is 21.2. The first-order valence-corrected chi connectivity index (χ1v) is 11.9. The van der Waals surface area contributed by atoms with Crippen molar-refractivity contribution >= 4 is 49.5 Å². The summed E-state index contributed by atoms with van der Waals surface area (Å²) in [6, 6.07) is 20.8. The molecule has 33 heavy (non-hydrogen) atoms. The summed E-state index contributed by atoms with van der Waals surface area (Å²) in [6.45, 7) is 0.243. The molecular formula is C24H19ClN4O3S. The standard InChI is InChI=1S/C24H19ClN4O3S/c1-32-16-10-12-17(13-11-16)33(30,31)22-21-24(28-20-9-5-4-8-19(20)27-21)29(23(22)26)14-15-6-2-3-7-18(15)25/h2-13H,14,26H2,1H3. The largest absolute Gasteiger partial charge is 0.497 e. The van der Waals surface area contributed by atoms with Gasteiger partial charge < -0.3 is 15.0 Å². The average molecular weight is 479 g/mol. The third kappa shape index (κ3) is 3.57. The number of para-hydroxylation sites is 2. The number of nitrogens with zero attached hydrogens (tertiary/aromatic N) is 3. The number of nitrogens with two attached hydrogens (primary N) is 1. The van der Waals surface area contributed by atoms with Gasteiger partial charge in [-0.05, 0) is 48.0 Å². The minimum absolute atomic E-state index is 0.0519. The Morgan fingerprint density at radius 1 is 0.939 bits per heavy atom. The number of halogens is 1. The molecule has 0 radical (unpaired) electrons. The average Bonchev–Trinajstić information content (AvgIpc) is 3.09. The van der Waals surface area contributed by atoms with Gasteiger partial charge in [0.1, 0.15) is 22.0 Å². The third-order valence-corrected chi connectivity index (χ3v) is 7.67. The lowest BCUT2D eigenvalue weighted by atomic mass is 10.2. The second-order valence-corrected chi connectivity index (χ2v) is 9.75. The third-order valence-electron chi connectivity index (χ3n) is 5.47. The first-order valence-electron chi connectivity index (χ1n) is 10.1. The van der Waals surface area contributed by atoms with E-state index in [0.717, 1.165) is 5.56 Å². The van der Waals surface area contributed by atoms with Crippen LogP contribution in [0.4, 0.5) is 5.82 Å². The lowest BCUT2D eigenvalue weighted by molar-refractivity contribution is 0.414. The van der Waals surface area contributed by atoms with Gasteiger partial charge >= 0.3 is 0 Å². The molecule has 0 aliphatic rings. The van der Waals surface area contributed by atoms with Crippen LogP contribution in [0.2, 0.25) is 5.02 Å². The SMILES string of the molecule is COc1ccc(S(=O)(=O)c2c(N)n(Cc3ccccc3Cl)c3nc4ccccc4nc23)cc1. The normalized spacial score (nSPS) is 11.8. The minimum atomic E-state index is -4.01. The fourth-order valence-electron chi connectivity index (χ4n) is 3.78. The molecule has 0 aliphatic heterocycles. The molecule has 0 fully saturated rings. The molecule has 2 heterocycles. The zero-order valence-electron chi connectivity index (χ0n) is 17.6. The maximum absolute atomic E-state index is 13.7. The summed E-state index contributed by atoms with van der Waals surface area (Å²) in [4.78, 5) is 9.37. The van der Waals surface area contributed by atoms with Gasteiger partial charge in [0.25, 0.3) is 0 Å². The van der Waals surface area contributed by atoms with Crippen LogP contribution in [0.5, 0.6) is 5.75 Å². The molecule has 0 saturated heterocycles. The summed E-state index contributed by atoms with van der Waals surface area (Å²) >= 11 is 6.37. The number of hydrogen-bond acceptors (Lipinski definition) is 6. The van der Waals surface area contributed by atoms with Crippen molar-refractivity contribution in [2.75, 3.05) is 12.8 Å². The Hall–Kier alpha value is -3.62. The highest BCUT2D eigenvalue weighted by Crippen LogP contribution is 2.36. The molecule has 9 heteroatoms. The van der Waals surface area contributed by atoms with Gasteiger partial charge in [-0.25, -0.2) is 18.4 Å². The second-order valence-electron chi connectivity index (χ2n) is 7.46. The highest BCUT2D eigenvalue weighted by Gasteiger charge is 2.30. The number of sulfone groups is 1. The van der Waals surface area contributed by atoms with Crippen LogP contribution in [0.3, 0.4) is 0 Å². The highest BCUT2D eigenvalue weighted by atomic mass is 35.5. The molecule has 5 aromatic rings. The van der Waals surface area contributed by atoms with Gasteiger partial charge in [-0.3, -0.25) is 0 Å². The van der Waals surface area contributed by atoms with Crippen LogP contribution in [0.25, 0.3) is 22.2 Å². The quantitative estimate of drug-likeness (QED) is 0.392. The zero-order chi connectivity index (χ0) is 23.2. The lowest BCUT2D eigenvalue weighted by Gasteiger charge is -2.10. The molecule has 2 N–H and O–H groups in total. The van der Waals surface area contributed by atoms with E-state index < -0.39 is 9.84 Å². The Labute approximate surface area is 195 Å². The molecule has 0 spiro atoms. The summed E-state index contributed by atoms with van der Waals surface area (Å²) in [5.74, 6) is 0.602. The van der Waals surface area contributed by atoms with Crippen LogP contribution in [-0.4, -0.2) is 30.1 Å². The summed E-state index contributed by atoms with van der Waals surface area (Å²) < 4.78 is 34.2. The van der Waals surface area contributed by atoms with Gasteiger partial charge in [-0.1, -0.05) is 41.9 Å². The molecule has 2 aromatic heterocycles. The van der Waals surface area contributed by atoms with Crippen LogP contribution in [0, 0.1) is 0 Å². The zero-order valence-corrected chi connectivity index (χ0v) is 19.1. The molecule has 3 aromatic carbocycles. The van der Waals surface area contributed by atoms with E-state index >= 15 is 0 Å². The van der Waals surface area contributed by atoms with Crippen molar-refractivity contribution in [1.29, 1.82) is 0 Å². The molecule has 0 atom stereocenters. The number of fused-ring (bicyclic) bond motifs is 2. The first-order chi connectivity index (χ1) is 15.9. The summed E-state index contributed by atoms with van der Waals surface area (Å²) in [5.41, 5.74) is 9.08. The Balaban J connectivity index is 1.80. The van der Waals surface area contributed by atoms with Gasteiger partial charge in [0.05, 0.1) is 29.6 Å². The van der Waals surface area contributed by atoms with Gasteiger partial charge in [-0.2, -0.15) is 0 Å². The maximum atomic E-state index is 13.7. The van der Waals surface area contributed by atoms with Crippen LogP contribution >= 0.6 is 11.6 Å².